The van der Waals surface area contributed by atoms with Crippen molar-refractivity contribution in [2.24, 2.45) is 11.8 Å². The average molecular weight is 359 g/mol. The first-order valence-corrected chi connectivity index (χ1v) is 8.57. The second-order valence-corrected chi connectivity index (χ2v) is 7.02. The third-order valence-electron chi connectivity index (χ3n) is 3.71. The van der Waals surface area contributed by atoms with Gasteiger partial charge in [-0.3, -0.25) is 29.0 Å². The zero-order valence-corrected chi connectivity index (χ0v) is 15.5. The minimum absolute atomic E-state index is 0.0163. The Morgan fingerprint density at radius 1 is 1.23 bits per heavy atom. The van der Waals surface area contributed by atoms with E-state index < -0.39 is 17.2 Å². The Morgan fingerprint density at radius 3 is 2.46 bits per heavy atom. The highest BCUT2D eigenvalue weighted by molar-refractivity contribution is 6.05. The van der Waals surface area contributed by atoms with Crippen molar-refractivity contribution in [2.45, 2.75) is 34.2 Å². The van der Waals surface area contributed by atoms with Gasteiger partial charge in [-0.1, -0.05) is 33.8 Å². The van der Waals surface area contributed by atoms with Gasteiger partial charge < -0.3 is 5.73 Å². The zero-order chi connectivity index (χ0) is 19.4. The van der Waals surface area contributed by atoms with Crippen molar-refractivity contribution in [3.63, 3.8) is 0 Å². The molecular weight excluding hydrogens is 334 g/mol. The van der Waals surface area contributed by atoms with Crippen LogP contribution < -0.4 is 21.9 Å². The van der Waals surface area contributed by atoms with Gasteiger partial charge in [0.05, 0.1) is 0 Å². The normalized spacial score (nSPS) is 11.2. The van der Waals surface area contributed by atoms with Gasteiger partial charge in [0.15, 0.2) is 5.69 Å². The largest absolute Gasteiger partial charge is 0.383 e. The van der Waals surface area contributed by atoms with Crippen molar-refractivity contribution in [3.05, 3.63) is 50.9 Å². The maximum atomic E-state index is 13.0. The predicted molar refractivity (Wildman–Crippen MR) is 101 cm³/mol. The molecule has 0 aliphatic rings. The van der Waals surface area contributed by atoms with Crippen molar-refractivity contribution in [3.8, 4) is 0 Å². The molecule has 0 spiro atoms. The summed E-state index contributed by atoms with van der Waals surface area (Å²) >= 11 is 0. The van der Waals surface area contributed by atoms with Gasteiger partial charge in [-0.2, -0.15) is 0 Å². The van der Waals surface area contributed by atoms with E-state index in [-0.39, 0.29) is 35.6 Å². The number of amides is 1. The third-order valence-corrected chi connectivity index (χ3v) is 3.71. The van der Waals surface area contributed by atoms with Crippen molar-refractivity contribution in [1.29, 1.82) is 0 Å². The lowest BCUT2D eigenvalue weighted by Crippen LogP contribution is -2.43. The van der Waals surface area contributed by atoms with Crippen LogP contribution >= 0.6 is 0 Å². The molecule has 140 valence electrons. The van der Waals surface area contributed by atoms with Crippen LogP contribution in [0.15, 0.2) is 34.0 Å². The highest BCUT2D eigenvalue weighted by Gasteiger charge is 2.26. The molecule has 0 saturated heterocycles. The van der Waals surface area contributed by atoms with E-state index in [0.29, 0.717) is 6.54 Å². The minimum Gasteiger partial charge on any atom is -0.383 e. The van der Waals surface area contributed by atoms with E-state index >= 15 is 0 Å². The summed E-state index contributed by atoms with van der Waals surface area (Å²) in [6, 6.07) is 4.97. The molecule has 0 fully saturated rings. The van der Waals surface area contributed by atoms with Crippen molar-refractivity contribution in [2.75, 3.05) is 17.2 Å². The molecule has 2 aromatic rings. The molecule has 1 amide bonds. The van der Waals surface area contributed by atoms with E-state index in [2.05, 4.69) is 9.97 Å². The summed E-state index contributed by atoms with van der Waals surface area (Å²) in [5.41, 5.74) is 5.07. The summed E-state index contributed by atoms with van der Waals surface area (Å²) in [4.78, 5) is 45.3. The fourth-order valence-electron chi connectivity index (χ4n) is 2.65. The minimum atomic E-state index is -0.683. The van der Waals surface area contributed by atoms with Gasteiger partial charge in [0.2, 0.25) is 0 Å². The molecule has 0 saturated carbocycles. The number of aromatic nitrogens is 3. The predicted octanol–water partition coefficient (Wildman–Crippen LogP) is 1.47. The number of H-pyrrole nitrogens is 1. The fourth-order valence-corrected chi connectivity index (χ4v) is 2.65. The lowest BCUT2D eigenvalue weighted by Gasteiger charge is -2.26. The van der Waals surface area contributed by atoms with Gasteiger partial charge in [0.25, 0.3) is 11.5 Å². The van der Waals surface area contributed by atoms with Gasteiger partial charge in [-0.05, 0) is 24.0 Å². The number of carbonyl (C=O) groups is 1. The number of nitrogens with two attached hydrogens (primary N) is 1. The van der Waals surface area contributed by atoms with Crippen LogP contribution in [0.3, 0.4) is 0 Å². The van der Waals surface area contributed by atoms with E-state index in [9.17, 15) is 14.4 Å². The van der Waals surface area contributed by atoms with E-state index in [1.54, 1.807) is 18.2 Å². The van der Waals surface area contributed by atoms with E-state index in [0.717, 1.165) is 0 Å². The summed E-state index contributed by atoms with van der Waals surface area (Å²) in [7, 11) is 0. The van der Waals surface area contributed by atoms with Crippen LogP contribution in [0.1, 0.15) is 38.2 Å². The molecular formula is C18H25N5O3. The maximum absolute atomic E-state index is 13.0. The number of hydrogen-bond donors (Lipinski definition) is 2. The summed E-state index contributed by atoms with van der Waals surface area (Å²) < 4.78 is 1.29. The summed E-state index contributed by atoms with van der Waals surface area (Å²) in [6.45, 7) is 8.31. The van der Waals surface area contributed by atoms with Crippen LogP contribution in [0.4, 0.5) is 11.5 Å². The number of hydrogen-bond acceptors (Lipinski definition) is 5. The average Bonchev–Trinajstić information content (AvgIpc) is 2.57. The topological polar surface area (TPSA) is 114 Å². The highest BCUT2D eigenvalue weighted by Crippen LogP contribution is 2.21. The van der Waals surface area contributed by atoms with Gasteiger partial charge in [0.1, 0.15) is 11.5 Å². The van der Waals surface area contributed by atoms with Crippen LogP contribution in [0, 0.1) is 11.8 Å². The molecule has 0 aromatic carbocycles. The Hall–Kier alpha value is -2.90. The molecule has 0 radical (unpaired) electrons. The van der Waals surface area contributed by atoms with Crippen LogP contribution in [-0.2, 0) is 6.54 Å². The first-order valence-electron chi connectivity index (χ1n) is 8.57. The molecule has 0 bridgehead atoms. The summed E-state index contributed by atoms with van der Waals surface area (Å²) in [5, 5.41) is 0. The molecule has 0 aliphatic heterocycles. The van der Waals surface area contributed by atoms with Gasteiger partial charge in [0, 0.05) is 19.3 Å². The molecule has 8 heteroatoms. The van der Waals surface area contributed by atoms with Crippen LogP contribution in [0.5, 0.6) is 0 Å². The van der Waals surface area contributed by atoms with Crippen LogP contribution in [-0.4, -0.2) is 27.0 Å². The van der Waals surface area contributed by atoms with Crippen LogP contribution in [0.25, 0.3) is 0 Å². The van der Waals surface area contributed by atoms with E-state index in [4.69, 9.17) is 5.73 Å². The van der Waals surface area contributed by atoms with Gasteiger partial charge in [-0.15, -0.1) is 0 Å². The van der Waals surface area contributed by atoms with Crippen molar-refractivity contribution >= 4 is 17.4 Å². The third kappa shape index (κ3) is 4.19. The first kappa shape index (κ1) is 19.4. The molecule has 3 N–H and O–H groups in total. The van der Waals surface area contributed by atoms with Crippen molar-refractivity contribution in [1.82, 2.24) is 14.5 Å². The van der Waals surface area contributed by atoms with Gasteiger partial charge in [-0.25, -0.2) is 4.79 Å². The molecule has 8 nitrogen and oxygen atoms in total. The molecule has 2 rings (SSSR count). The second kappa shape index (κ2) is 7.99. The molecule has 0 atom stereocenters. The summed E-state index contributed by atoms with van der Waals surface area (Å²) in [5.74, 6) is -0.241. The maximum Gasteiger partial charge on any atom is 0.330 e. The Bertz CT molecular complexity index is 884. The number of anilines is 2. The molecule has 0 unspecified atom stereocenters. The number of nitrogen functional groups attached to an aromatic ring is 1. The number of nitrogens with zero attached hydrogens (tertiary/aromatic N) is 3. The molecule has 2 heterocycles. The number of carbonyl (C=O) groups excluding carboxylic acids is 1. The molecule has 2 aromatic heterocycles. The summed E-state index contributed by atoms with van der Waals surface area (Å²) in [6.07, 6.45) is 1.51. The quantitative estimate of drug-likeness (QED) is 0.811. The number of nitrogens with one attached hydrogen (secondary N) is 1. The smallest absolute Gasteiger partial charge is 0.330 e. The SMILES string of the molecule is CC(C)CN(C(=O)c1ccccn1)c1c(N)n(CC(C)C)c(=O)[nH]c1=O. The second-order valence-electron chi connectivity index (χ2n) is 7.02. The van der Waals surface area contributed by atoms with E-state index in [1.165, 1.54) is 15.7 Å². The zero-order valence-electron chi connectivity index (χ0n) is 15.5. The fraction of sp³-hybridized carbons (Fsp3) is 0.444. The van der Waals surface area contributed by atoms with Gasteiger partial charge >= 0.3 is 5.69 Å². The Balaban J connectivity index is 2.63. The number of rotatable bonds is 6. The van der Waals surface area contributed by atoms with E-state index in [1.807, 2.05) is 27.7 Å². The Kier molecular flexibility index (Phi) is 5.97. The highest BCUT2D eigenvalue weighted by atomic mass is 16.2. The Morgan fingerprint density at radius 2 is 1.92 bits per heavy atom. The first-order chi connectivity index (χ1) is 12.2. The number of pyridine rings is 1. The number of aromatic amines is 1. The van der Waals surface area contributed by atoms with Crippen molar-refractivity contribution < 1.29 is 4.79 Å². The monoisotopic (exact) mass is 359 g/mol. The molecule has 26 heavy (non-hydrogen) atoms. The lowest BCUT2D eigenvalue weighted by molar-refractivity contribution is 0.0978. The Labute approximate surface area is 151 Å². The lowest BCUT2D eigenvalue weighted by atomic mass is 10.1. The van der Waals surface area contributed by atoms with Crippen LogP contribution in [0.2, 0.25) is 0 Å². The standard InChI is InChI=1S/C18H25N5O3/c1-11(2)9-22(17(25)13-7-5-6-8-20-13)14-15(19)23(10-12(3)4)18(26)21-16(14)24/h5-8,11-12H,9-10,19H2,1-4H3,(H,21,24,26). The molecule has 0 aliphatic carbocycles.